The molecule has 1 aliphatic rings. The van der Waals surface area contributed by atoms with Crippen LogP contribution in [0.4, 0.5) is 4.79 Å². The highest BCUT2D eigenvalue weighted by atomic mass is 16.6. The van der Waals surface area contributed by atoms with Crippen LogP contribution in [-0.4, -0.2) is 47.1 Å². The summed E-state index contributed by atoms with van der Waals surface area (Å²) in [5.74, 6) is -0.733. The van der Waals surface area contributed by atoms with E-state index in [-0.39, 0.29) is 12.5 Å². The van der Waals surface area contributed by atoms with Crippen molar-refractivity contribution in [3.05, 3.63) is 71.8 Å². The number of piperidine rings is 1. The lowest BCUT2D eigenvalue weighted by Gasteiger charge is -2.36. The predicted octanol–water partition coefficient (Wildman–Crippen LogP) is 4.25. The second-order valence-corrected chi connectivity index (χ2v) is 9.53. The molecule has 0 spiro atoms. The van der Waals surface area contributed by atoms with E-state index in [1.807, 2.05) is 60.7 Å². The van der Waals surface area contributed by atoms with E-state index >= 15 is 0 Å². The van der Waals surface area contributed by atoms with Crippen molar-refractivity contribution in [1.82, 2.24) is 10.2 Å². The topological polar surface area (TPSA) is 84.9 Å². The van der Waals surface area contributed by atoms with Gasteiger partial charge in [0.05, 0.1) is 0 Å². The average Bonchev–Trinajstić information content (AvgIpc) is 2.82. The Kier molecular flexibility index (Phi) is 8.68. The van der Waals surface area contributed by atoms with Crippen LogP contribution in [0.15, 0.2) is 60.7 Å². The van der Waals surface area contributed by atoms with Gasteiger partial charge in [0, 0.05) is 13.0 Å². The second-order valence-electron chi connectivity index (χ2n) is 9.53. The fourth-order valence-electron chi connectivity index (χ4n) is 3.97. The molecule has 2 amide bonds. The molecular formula is C27H34N2O5. The number of ether oxygens (including phenoxy) is 2. The van der Waals surface area contributed by atoms with Crippen molar-refractivity contribution in [3.63, 3.8) is 0 Å². The molecule has 0 bridgehead atoms. The zero-order valence-corrected chi connectivity index (χ0v) is 20.2. The fraction of sp³-hybridized carbons (Fsp3) is 0.444. The van der Waals surface area contributed by atoms with Gasteiger partial charge in [0.25, 0.3) is 0 Å². The molecule has 3 rings (SSSR count). The number of carbonyl (C=O) groups is 3. The van der Waals surface area contributed by atoms with Gasteiger partial charge in [-0.05, 0) is 51.2 Å². The Morgan fingerprint density at radius 2 is 1.59 bits per heavy atom. The third kappa shape index (κ3) is 7.61. The SMILES string of the molecule is CC(C)(C)OC(=O)N[C@@H](Cc1ccccc1)C(=O)N1CCCC[C@@H]1C(=O)OCc1ccccc1. The maximum absolute atomic E-state index is 13.6. The van der Waals surface area contributed by atoms with Gasteiger partial charge in [-0.2, -0.15) is 0 Å². The van der Waals surface area contributed by atoms with Crippen molar-refractivity contribution in [2.45, 2.75) is 70.7 Å². The molecule has 0 aromatic heterocycles. The number of nitrogens with zero attached hydrogens (tertiary/aromatic N) is 1. The zero-order valence-electron chi connectivity index (χ0n) is 20.2. The summed E-state index contributed by atoms with van der Waals surface area (Å²) in [4.78, 5) is 40.7. The van der Waals surface area contributed by atoms with E-state index in [0.29, 0.717) is 19.4 Å². The number of nitrogens with one attached hydrogen (secondary N) is 1. The predicted molar refractivity (Wildman–Crippen MR) is 129 cm³/mol. The number of amides is 2. The average molecular weight is 467 g/mol. The Labute approximate surface area is 201 Å². The quantitative estimate of drug-likeness (QED) is 0.617. The van der Waals surface area contributed by atoms with E-state index in [1.165, 1.54) is 0 Å². The molecule has 1 aliphatic heterocycles. The van der Waals surface area contributed by atoms with Crippen LogP contribution in [-0.2, 0) is 32.1 Å². The number of benzene rings is 2. The minimum atomic E-state index is -0.861. The number of alkyl carbamates (subject to hydrolysis) is 1. The molecule has 1 N–H and O–H groups in total. The number of likely N-dealkylation sites (tertiary alicyclic amines) is 1. The molecular weight excluding hydrogens is 432 g/mol. The monoisotopic (exact) mass is 466 g/mol. The van der Waals surface area contributed by atoms with Gasteiger partial charge < -0.3 is 19.7 Å². The third-order valence-electron chi connectivity index (χ3n) is 5.55. The van der Waals surface area contributed by atoms with Crippen molar-refractivity contribution in [1.29, 1.82) is 0 Å². The standard InChI is InChI=1S/C27H34N2O5/c1-27(2,3)34-26(32)28-22(18-20-12-6-4-7-13-20)24(30)29-17-11-10-16-23(29)25(31)33-19-21-14-8-5-9-15-21/h4-9,12-15,22-23H,10-11,16-19H2,1-3H3,(H,28,32)/t22-,23+/m0/s1. The molecule has 7 nitrogen and oxygen atoms in total. The number of esters is 1. The maximum atomic E-state index is 13.6. The summed E-state index contributed by atoms with van der Waals surface area (Å²) in [5, 5.41) is 2.73. The third-order valence-corrected chi connectivity index (χ3v) is 5.55. The minimum Gasteiger partial charge on any atom is -0.459 e. The summed E-state index contributed by atoms with van der Waals surface area (Å²) in [6.45, 7) is 5.89. The molecule has 2 aromatic carbocycles. The van der Waals surface area contributed by atoms with Crippen LogP contribution in [0.2, 0.25) is 0 Å². The number of rotatable bonds is 7. The Bertz CT molecular complexity index is 956. The van der Waals surface area contributed by atoms with E-state index in [0.717, 1.165) is 24.0 Å². The summed E-state index contributed by atoms with van der Waals surface area (Å²) >= 11 is 0. The molecule has 1 saturated heterocycles. The zero-order chi connectivity index (χ0) is 24.6. The van der Waals surface area contributed by atoms with Crippen molar-refractivity contribution in [2.24, 2.45) is 0 Å². The first kappa shape index (κ1) is 25.3. The van der Waals surface area contributed by atoms with Gasteiger partial charge in [-0.15, -0.1) is 0 Å². The molecule has 2 aromatic rings. The first-order chi connectivity index (χ1) is 16.2. The van der Waals surface area contributed by atoms with Crippen LogP contribution in [0.5, 0.6) is 0 Å². The first-order valence-electron chi connectivity index (χ1n) is 11.8. The Morgan fingerprint density at radius 3 is 2.21 bits per heavy atom. The van der Waals surface area contributed by atoms with Crippen molar-refractivity contribution >= 4 is 18.0 Å². The smallest absolute Gasteiger partial charge is 0.408 e. The Balaban J connectivity index is 1.74. The molecule has 1 heterocycles. The lowest BCUT2D eigenvalue weighted by molar-refractivity contribution is -0.158. The van der Waals surface area contributed by atoms with Gasteiger partial charge in [0.15, 0.2) is 0 Å². The minimum absolute atomic E-state index is 0.155. The van der Waals surface area contributed by atoms with E-state index < -0.39 is 29.7 Å². The molecule has 0 radical (unpaired) electrons. The molecule has 7 heteroatoms. The maximum Gasteiger partial charge on any atom is 0.408 e. The lowest BCUT2D eigenvalue weighted by atomic mass is 9.98. The molecule has 0 unspecified atom stereocenters. The van der Waals surface area contributed by atoms with Crippen LogP contribution >= 0.6 is 0 Å². The number of hydrogen-bond donors (Lipinski definition) is 1. The summed E-state index contributed by atoms with van der Waals surface area (Å²) < 4.78 is 10.9. The van der Waals surface area contributed by atoms with E-state index in [1.54, 1.807) is 25.7 Å². The van der Waals surface area contributed by atoms with Crippen molar-refractivity contribution in [2.75, 3.05) is 6.54 Å². The molecule has 34 heavy (non-hydrogen) atoms. The number of carbonyl (C=O) groups excluding carboxylic acids is 3. The van der Waals surface area contributed by atoms with Gasteiger partial charge in [0.1, 0.15) is 24.3 Å². The largest absolute Gasteiger partial charge is 0.459 e. The van der Waals surface area contributed by atoms with Gasteiger partial charge in [-0.1, -0.05) is 60.7 Å². The van der Waals surface area contributed by atoms with Gasteiger partial charge in [-0.3, -0.25) is 4.79 Å². The normalized spacial score (nSPS) is 16.9. The van der Waals surface area contributed by atoms with Crippen molar-refractivity contribution in [3.8, 4) is 0 Å². The van der Waals surface area contributed by atoms with Crippen LogP contribution in [0.25, 0.3) is 0 Å². The fourth-order valence-corrected chi connectivity index (χ4v) is 3.97. The van der Waals surface area contributed by atoms with Gasteiger partial charge in [-0.25, -0.2) is 9.59 Å². The highest BCUT2D eigenvalue weighted by Crippen LogP contribution is 2.21. The van der Waals surface area contributed by atoms with Crippen LogP contribution < -0.4 is 5.32 Å². The van der Waals surface area contributed by atoms with Crippen LogP contribution in [0, 0.1) is 0 Å². The second kappa shape index (κ2) is 11.7. The summed E-state index contributed by atoms with van der Waals surface area (Å²) in [6.07, 6.45) is 1.78. The molecule has 182 valence electrons. The van der Waals surface area contributed by atoms with Crippen LogP contribution in [0.1, 0.15) is 51.2 Å². The van der Waals surface area contributed by atoms with E-state index in [4.69, 9.17) is 9.47 Å². The lowest BCUT2D eigenvalue weighted by Crippen LogP contribution is -2.56. The summed E-state index contributed by atoms with van der Waals surface area (Å²) in [7, 11) is 0. The molecule has 0 saturated carbocycles. The molecule has 2 atom stereocenters. The first-order valence-corrected chi connectivity index (χ1v) is 11.8. The van der Waals surface area contributed by atoms with Crippen molar-refractivity contribution < 1.29 is 23.9 Å². The highest BCUT2D eigenvalue weighted by molar-refractivity contribution is 5.90. The molecule has 1 fully saturated rings. The molecule has 0 aliphatic carbocycles. The van der Waals surface area contributed by atoms with Gasteiger partial charge >= 0.3 is 12.1 Å². The number of hydrogen-bond acceptors (Lipinski definition) is 5. The van der Waals surface area contributed by atoms with Crippen LogP contribution in [0.3, 0.4) is 0 Å². The van der Waals surface area contributed by atoms with E-state index in [2.05, 4.69) is 5.32 Å². The summed E-state index contributed by atoms with van der Waals surface area (Å²) in [5.41, 5.74) is 1.09. The Morgan fingerprint density at radius 1 is 0.971 bits per heavy atom. The van der Waals surface area contributed by atoms with Gasteiger partial charge in [0.2, 0.25) is 5.91 Å². The Hall–Kier alpha value is -3.35. The van der Waals surface area contributed by atoms with E-state index in [9.17, 15) is 14.4 Å². The highest BCUT2D eigenvalue weighted by Gasteiger charge is 2.37. The summed E-state index contributed by atoms with van der Waals surface area (Å²) in [6, 6.07) is 17.4.